The summed E-state index contributed by atoms with van der Waals surface area (Å²) < 4.78 is 0. The maximum atomic E-state index is 9.16. The first-order valence-electron chi connectivity index (χ1n) is 6.20. The van der Waals surface area contributed by atoms with Crippen molar-refractivity contribution in [2.45, 2.75) is 38.1 Å². The second-order valence-corrected chi connectivity index (χ2v) is 4.40. The fraction of sp³-hybridized carbons (Fsp3) is 0.615. The molecule has 0 spiro atoms. The van der Waals surface area contributed by atoms with E-state index in [0.717, 1.165) is 5.82 Å². The fourth-order valence-electron chi connectivity index (χ4n) is 2.51. The van der Waals surface area contributed by atoms with Crippen molar-refractivity contribution in [1.29, 1.82) is 0 Å². The zero-order valence-electron chi connectivity index (χ0n) is 9.68. The fourth-order valence-corrected chi connectivity index (χ4v) is 2.51. The summed E-state index contributed by atoms with van der Waals surface area (Å²) in [6.45, 7) is 0.898. The summed E-state index contributed by atoms with van der Waals surface area (Å²) >= 11 is 0. The highest BCUT2D eigenvalue weighted by Gasteiger charge is 2.21. The first-order valence-corrected chi connectivity index (χ1v) is 6.20. The van der Waals surface area contributed by atoms with Crippen LogP contribution in [-0.4, -0.2) is 29.3 Å². The van der Waals surface area contributed by atoms with Crippen molar-refractivity contribution in [3.63, 3.8) is 0 Å². The van der Waals surface area contributed by atoms with Gasteiger partial charge in [0.25, 0.3) is 0 Å². The summed E-state index contributed by atoms with van der Waals surface area (Å²) in [7, 11) is 0. The van der Waals surface area contributed by atoms with Gasteiger partial charge in [-0.1, -0.05) is 25.3 Å². The molecule has 0 radical (unpaired) electrons. The number of aliphatic hydroxyl groups excluding tert-OH is 1. The summed E-state index contributed by atoms with van der Waals surface area (Å²) in [6, 6.07) is 6.54. The van der Waals surface area contributed by atoms with Gasteiger partial charge in [-0.3, -0.25) is 0 Å². The van der Waals surface area contributed by atoms with Crippen LogP contribution in [0.4, 0.5) is 5.82 Å². The van der Waals surface area contributed by atoms with Crippen molar-refractivity contribution in [2.75, 3.05) is 18.1 Å². The van der Waals surface area contributed by atoms with Gasteiger partial charge in [0.1, 0.15) is 5.82 Å². The van der Waals surface area contributed by atoms with Gasteiger partial charge in [0.05, 0.1) is 6.61 Å². The molecule has 1 aromatic rings. The monoisotopic (exact) mass is 220 g/mol. The summed E-state index contributed by atoms with van der Waals surface area (Å²) in [5.74, 6) is 1.00. The Morgan fingerprint density at radius 2 is 2.06 bits per heavy atom. The Kier molecular flexibility index (Phi) is 4.17. The molecule has 0 amide bonds. The van der Waals surface area contributed by atoms with Crippen molar-refractivity contribution >= 4 is 5.82 Å². The zero-order chi connectivity index (χ0) is 11.2. The molecule has 3 heteroatoms. The molecule has 0 aliphatic heterocycles. The van der Waals surface area contributed by atoms with Crippen LogP contribution in [-0.2, 0) is 0 Å². The number of aromatic nitrogens is 1. The predicted octanol–water partition coefficient (Wildman–Crippen LogP) is 2.21. The molecule has 1 aliphatic carbocycles. The summed E-state index contributed by atoms with van der Waals surface area (Å²) in [5, 5.41) is 9.16. The van der Waals surface area contributed by atoms with Gasteiger partial charge in [-0.05, 0) is 25.0 Å². The highest BCUT2D eigenvalue weighted by molar-refractivity contribution is 5.39. The Morgan fingerprint density at radius 3 is 2.69 bits per heavy atom. The highest BCUT2D eigenvalue weighted by Crippen LogP contribution is 2.25. The molecule has 0 aromatic carbocycles. The van der Waals surface area contributed by atoms with Crippen LogP contribution in [0.5, 0.6) is 0 Å². The molecule has 0 bridgehead atoms. The average Bonchev–Trinajstić information content (AvgIpc) is 2.38. The van der Waals surface area contributed by atoms with Crippen LogP contribution in [0.25, 0.3) is 0 Å². The molecule has 88 valence electrons. The second-order valence-electron chi connectivity index (χ2n) is 4.40. The van der Waals surface area contributed by atoms with Crippen molar-refractivity contribution in [2.24, 2.45) is 0 Å². The van der Waals surface area contributed by atoms with Gasteiger partial charge < -0.3 is 10.0 Å². The molecule has 1 fully saturated rings. The Morgan fingerprint density at radius 1 is 1.25 bits per heavy atom. The lowest BCUT2D eigenvalue weighted by atomic mass is 9.94. The van der Waals surface area contributed by atoms with E-state index in [-0.39, 0.29) is 6.61 Å². The zero-order valence-corrected chi connectivity index (χ0v) is 9.68. The molecule has 16 heavy (non-hydrogen) atoms. The Balaban J connectivity index is 2.09. The van der Waals surface area contributed by atoms with E-state index < -0.39 is 0 Å². The van der Waals surface area contributed by atoms with Gasteiger partial charge in [0, 0.05) is 18.8 Å². The number of nitrogens with zero attached hydrogens (tertiary/aromatic N) is 2. The van der Waals surface area contributed by atoms with Gasteiger partial charge >= 0.3 is 0 Å². The lowest BCUT2D eigenvalue weighted by Gasteiger charge is -2.34. The van der Waals surface area contributed by atoms with E-state index in [2.05, 4.69) is 9.88 Å². The van der Waals surface area contributed by atoms with Gasteiger partial charge in [-0.15, -0.1) is 0 Å². The van der Waals surface area contributed by atoms with Crippen molar-refractivity contribution in [1.82, 2.24) is 4.98 Å². The highest BCUT2D eigenvalue weighted by atomic mass is 16.3. The van der Waals surface area contributed by atoms with E-state index in [1.165, 1.54) is 32.1 Å². The van der Waals surface area contributed by atoms with Crippen molar-refractivity contribution in [3.05, 3.63) is 24.4 Å². The van der Waals surface area contributed by atoms with Crippen LogP contribution in [0.3, 0.4) is 0 Å². The molecule has 1 N–H and O–H groups in total. The van der Waals surface area contributed by atoms with Crippen LogP contribution >= 0.6 is 0 Å². The predicted molar refractivity (Wildman–Crippen MR) is 65.5 cm³/mol. The van der Waals surface area contributed by atoms with Gasteiger partial charge in [0.2, 0.25) is 0 Å². The Bertz CT molecular complexity index is 296. The number of aliphatic hydroxyl groups is 1. The van der Waals surface area contributed by atoms with E-state index in [4.69, 9.17) is 5.11 Å². The number of anilines is 1. The van der Waals surface area contributed by atoms with Gasteiger partial charge in [0.15, 0.2) is 0 Å². The number of hydrogen-bond donors (Lipinski definition) is 1. The third kappa shape index (κ3) is 2.73. The SMILES string of the molecule is OCCN(c1ccccn1)C1CCCCC1. The number of rotatable bonds is 4. The molecule has 1 aliphatic rings. The van der Waals surface area contributed by atoms with Crippen LogP contribution < -0.4 is 4.90 Å². The standard InChI is InChI=1S/C13H20N2O/c16-11-10-15(12-6-2-1-3-7-12)13-8-4-5-9-14-13/h4-5,8-9,12,16H,1-3,6-7,10-11H2. The molecule has 0 atom stereocenters. The largest absolute Gasteiger partial charge is 0.395 e. The van der Waals surface area contributed by atoms with Crippen LogP contribution in [0.1, 0.15) is 32.1 Å². The molecule has 0 unspecified atom stereocenters. The summed E-state index contributed by atoms with van der Waals surface area (Å²) in [5.41, 5.74) is 0. The number of hydrogen-bond acceptors (Lipinski definition) is 3. The second kappa shape index (κ2) is 5.85. The third-order valence-corrected chi connectivity index (χ3v) is 3.30. The van der Waals surface area contributed by atoms with E-state index in [9.17, 15) is 0 Å². The Labute approximate surface area is 97.1 Å². The molecular formula is C13H20N2O. The van der Waals surface area contributed by atoms with E-state index in [1.807, 2.05) is 24.4 Å². The average molecular weight is 220 g/mol. The maximum Gasteiger partial charge on any atom is 0.128 e. The van der Waals surface area contributed by atoms with Crippen molar-refractivity contribution < 1.29 is 5.11 Å². The Hall–Kier alpha value is -1.09. The van der Waals surface area contributed by atoms with Gasteiger partial charge in [-0.25, -0.2) is 4.98 Å². The lowest BCUT2D eigenvalue weighted by Crippen LogP contribution is -2.39. The summed E-state index contributed by atoms with van der Waals surface area (Å²) in [4.78, 5) is 6.65. The molecule has 2 rings (SSSR count). The van der Waals surface area contributed by atoms with E-state index in [1.54, 1.807) is 0 Å². The smallest absolute Gasteiger partial charge is 0.128 e. The normalized spacial score (nSPS) is 17.3. The molecule has 1 heterocycles. The van der Waals surface area contributed by atoms with Crippen LogP contribution in [0.2, 0.25) is 0 Å². The van der Waals surface area contributed by atoms with Crippen LogP contribution in [0, 0.1) is 0 Å². The third-order valence-electron chi connectivity index (χ3n) is 3.30. The minimum absolute atomic E-state index is 0.201. The minimum Gasteiger partial charge on any atom is -0.395 e. The summed E-state index contributed by atoms with van der Waals surface area (Å²) in [6.07, 6.45) is 8.25. The maximum absolute atomic E-state index is 9.16. The van der Waals surface area contributed by atoms with E-state index in [0.29, 0.717) is 12.6 Å². The van der Waals surface area contributed by atoms with E-state index >= 15 is 0 Å². The first kappa shape index (κ1) is 11.4. The molecule has 0 saturated heterocycles. The van der Waals surface area contributed by atoms with Gasteiger partial charge in [-0.2, -0.15) is 0 Å². The van der Waals surface area contributed by atoms with Crippen LogP contribution in [0.15, 0.2) is 24.4 Å². The van der Waals surface area contributed by atoms with Crippen molar-refractivity contribution in [3.8, 4) is 0 Å². The lowest BCUT2D eigenvalue weighted by molar-refractivity contribution is 0.289. The molecule has 1 saturated carbocycles. The minimum atomic E-state index is 0.201. The number of pyridine rings is 1. The molecular weight excluding hydrogens is 200 g/mol. The molecule has 1 aromatic heterocycles. The topological polar surface area (TPSA) is 36.4 Å². The molecule has 3 nitrogen and oxygen atoms in total. The quantitative estimate of drug-likeness (QED) is 0.845. The first-order chi connectivity index (χ1) is 7.92.